The zero-order valence-electron chi connectivity index (χ0n) is 13.5. The van der Waals surface area contributed by atoms with Gasteiger partial charge in [0.2, 0.25) is 0 Å². The Kier molecular flexibility index (Phi) is 36.4. The van der Waals surface area contributed by atoms with E-state index < -0.39 is 0 Å². The third-order valence-electron chi connectivity index (χ3n) is 2.14. The first-order valence-electron chi connectivity index (χ1n) is 5.47. The molecular formula is C16H15CrNO6. The Balaban J connectivity index is -0.000000103. The van der Waals surface area contributed by atoms with Crippen molar-refractivity contribution in [2.45, 2.75) is 13.8 Å². The monoisotopic (exact) mass is 369 g/mol. The standard InChI is InChI=1S/C11H15NO.5CO.Cr/c1-8-5-10(13)6-9(2)11(8)7-12(3)4;5*1-2;/h5-6,13H,1-4H3;;;;;;. The summed E-state index contributed by atoms with van der Waals surface area (Å²) in [6, 6.07) is 3.56. The maximum atomic E-state index is 9.41. The van der Waals surface area contributed by atoms with E-state index in [4.69, 9.17) is 23.3 Å². The molecule has 0 bridgehead atoms. The van der Waals surface area contributed by atoms with Gasteiger partial charge in [-0.15, -0.1) is 0 Å². The fourth-order valence-corrected chi connectivity index (χ4v) is 2.00. The van der Waals surface area contributed by atoms with Crippen LogP contribution in [0.25, 0.3) is 0 Å². The van der Waals surface area contributed by atoms with Crippen molar-refractivity contribution in [1.82, 2.24) is 4.90 Å². The van der Waals surface area contributed by atoms with Crippen molar-refractivity contribution in [1.29, 1.82) is 0 Å². The van der Waals surface area contributed by atoms with Gasteiger partial charge in [0, 0.05) is 0 Å². The van der Waals surface area contributed by atoms with Crippen molar-refractivity contribution in [2.24, 2.45) is 0 Å². The van der Waals surface area contributed by atoms with Crippen LogP contribution >= 0.6 is 0 Å². The SMILES string of the molecule is Cc1cc(O)cc(C)c1[C](=[Cr])N(C)C.[C-]#[O+].[C-]#[O+].[C-]#[O+].[C-]#[O+].[C-]#[O+]. The van der Waals surface area contributed by atoms with Crippen LogP contribution in [0.2, 0.25) is 0 Å². The Morgan fingerprint density at radius 1 is 0.833 bits per heavy atom. The van der Waals surface area contributed by atoms with E-state index in [-0.39, 0.29) is 0 Å². The number of phenols is 1. The fraction of sp³-hybridized carbons (Fsp3) is 0.250. The van der Waals surface area contributed by atoms with Crippen molar-refractivity contribution in [3.05, 3.63) is 62.1 Å². The van der Waals surface area contributed by atoms with Crippen LogP contribution in [0.3, 0.4) is 0 Å². The van der Waals surface area contributed by atoms with Crippen molar-refractivity contribution in [3.63, 3.8) is 0 Å². The normalized spacial score (nSPS) is 6.62. The van der Waals surface area contributed by atoms with E-state index in [1.54, 1.807) is 12.1 Å². The third-order valence-corrected chi connectivity index (χ3v) is 3.03. The summed E-state index contributed by atoms with van der Waals surface area (Å²) >= 11 is 3.05. The molecule has 0 unspecified atom stereocenters. The molecule has 1 rings (SSSR count). The van der Waals surface area contributed by atoms with Gasteiger partial charge in [0.05, 0.1) is 0 Å². The van der Waals surface area contributed by atoms with Crippen LogP contribution in [-0.4, -0.2) is 28.6 Å². The van der Waals surface area contributed by atoms with Crippen LogP contribution in [0.5, 0.6) is 5.75 Å². The molecule has 0 aliphatic carbocycles. The van der Waals surface area contributed by atoms with Crippen molar-refractivity contribution < 1.29 is 44.2 Å². The molecule has 8 heteroatoms. The molecule has 1 N–H and O–H groups in total. The van der Waals surface area contributed by atoms with Gasteiger partial charge in [-0.05, 0) is 0 Å². The molecule has 0 spiro atoms. The van der Waals surface area contributed by atoms with E-state index in [0.717, 1.165) is 15.6 Å². The van der Waals surface area contributed by atoms with Gasteiger partial charge in [0.25, 0.3) is 0 Å². The van der Waals surface area contributed by atoms with Gasteiger partial charge >= 0.3 is 149 Å². The molecule has 126 valence electrons. The summed E-state index contributed by atoms with van der Waals surface area (Å²) < 4.78 is 38.6. The number of hydrogen-bond acceptors (Lipinski definition) is 2. The van der Waals surface area contributed by atoms with Crippen LogP contribution in [-0.2, 0) is 39.1 Å². The Hall–Kier alpha value is -1.92. The number of aromatic hydroxyl groups is 1. The summed E-state index contributed by atoms with van der Waals surface area (Å²) in [6.45, 7) is 26.5. The number of phenolic OH excluding ortho intramolecular Hbond substituents is 1. The van der Waals surface area contributed by atoms with Crippen molar-refractivity contribution in [2.75, 3.05) is 14.1 Å². The topological polar surface area (TPSA) is 123 Å². The second kappa shape index (κ2) is 26.0. The zero-order chi connectivity index (χ0) is 20.9. The van der Waals surface area contributed by atoms with Crippen molar-refractivity contribution in [3.8, 4) is 5.75 Å². The van der Waals surface area contributed by atoms with E-state index in [0.29, 0.717) is 5.75 Å². The molecule has 0 amide bonds. The van der Waals surface area contributed by atoms with Crippen LogP contribution in [0.15, 0.2) is 12.1 Å². The van der Waals surface area contributed by atoms with Gasteiger partial charge in [-0.1, -0.05) is 0 Å². The molecular weight excluding hydrogens is 354 g/mol. The average Bonchev–Trinajstić information content (AvgIpc) is 2.62. The van der Waals surface area contributed by atoms with Crippen LogP contribution in [0.1, 0.15) is 16.7 Å². The van der Waals surface area contributed by atoms with E-state index >= 15 is 0 Å². The summed E-state index contributed by atoms with van der Waals surface area (Å²) in [5.41, 5.74) is 3.35. The molecule has 0 aliphatic rings. The summed E-state index contributed by atoms with van der Waals surface area (Å²) in [6.07, 6.45) is 0. The number of aryl methyl sites for hydroxylation is 2. The number of rotatable bonds is 2. The van der Waals surface area contributed by atoms with Gasteiger partial charge < -0.3 is 0 Å². The minimum absolute atomic E-state index is 0.329. The molecule has 1 aromatic carbocycles. The minimum atomic E-state index is 0.329. The van der Waals surface area contributed by atoms with E-state index in [1.165, 1.54) is 5.56 Å². The average molecular weight is 369 g/mol. The molecule has 0 aliphatic heterocycles. The number of hydrogen-bond donors (Lipinski definition) is 1. The predicted octanol–water partition coefficient (Wildman–Crippen LogP) is 1.41. The van der Waals surface area contributed by atoms with Gasteiger partial charge in [0.15, 0.2) is 0 Å². The molecule has 0 saturated heterocycles. The first-order valence-corrected chi connectivity index (χ1v) is 6.11. The molecule has 7 nitrogen and oxygen atoms in total. The summed E-state index contributed by atoms with van der Waals surface area (Å²) in [5.74, 6) is 0.329. The molecule has 0 radical (unpaired) electrons. The van der Waals surface area contributed by atoms with E-state index in [1.807, 2.05) is 32.8 Å². The maximum absolute atomic E-state index is 9.41. The van der Waals surface area contributed by atoms with Crippen LogP contribution in [0, 0.1) is 47.1 Å². The predicted molar refractivity (Wildman–Crippen MR) is 75.0 cm³/mol. The van der Waals surface area contributed by atoms with E-state index in [9.17, 15) is 5.11 Å². The first kappa shape index (κ1) is 33.6. The second-order valence-electron chi connectivity index (χ2n) is 3.65. The molecule has 0 aromatic heterocycles. The molecule has 0 atom stereocenters. The fourth-order valence-electron chi connectivity index (χ4n) is 1.50. The summed E-state index contributed by atoms with van der Waals surface area (Å²) in [7, 11) is 4.00. The van der Waals surface area contributed by atoms with Gasteiger partial charge in [-0.3, -0.25) is 0 Å². The van der Waals surface area contributed by atoms with Gasteiger partial charge in [-0.2, -0.15) is 0 Å². The molecule has 1 aromatic rings. The Bertz CT molecular complexity index is 512. The second-order valence-corrected chi connectivity index (χ2v) is 4.26. The van der Waals surface area contributed by atoms with Crippen molar-refractivity contribution >= 4 is 4.50 Å². The molecule has 0 fully saturated rings. The van der Waals surface area contributed by atoms with Crippen LogP contribution in [0.4, 0.5) is 0 Å². The Morgan fingerprint density at radius 2 is 1.08 bits per heavy atom. The quantitative estimate of drug-likeness (QED) is 0.626. The van der Waals surface area contributed by atoms with E-state index in [2.05, 4.69) is 49.1 Å². The van der Waals surface area contributed by atoms with Crippen LogP contribution < -0.4 is 0 Å². The first-order chi connectivity index (χ1) is 11.4. The third kappa shape index (κ3) is 15.0. The summed E-state index contributed by atoms with van der Waals surface area (Å²) in [4.78, 5) is 2.03. The number of nitrogens with zero attached hydrogens (tertiary/aromatic N) is 1. The Morgan fingerprint density at radius 3 is 1.29 bits per heavy atom. The summed E-state index contributed by atoms with van der Waals surface area (Å²) in [5, 5.41) is 9.41. The zero-order valence-corrected chi connectivity index (χ0v) is 14.8. The number of benzene rings is 1. The van der Waals surface area contributed by atoms with Gasteiger partial charge in [-0.25, -0.2) is 0 Å². The molecule has 0 heterocycles. The Labute approximate surface area is 149 Å². The molecule has 24 heavy (non-hydrogen) atoms. The molecule has 0 saturated carbocycles. The van der Waals surface area contributed by atoms with Gasteiger partial charge in [0.1, 0.15) is 0 Å².